The second kappa shape index (κ2) is 8.60. The standard InChI is InChI=1S/C22H22N2O5/c1-15-7-9-19(10-8-15)28-14-20-11-12-21(29-20)22(25)23(3)16(2)17-5-4-6-18(13-17)24(26)27/h4-13,16H,14H2,1-3H3. The summed E-state index contributed by atoms with van der Waals surface area (Å²) in [6.45, 7) is 4.02. The molecule has 150 valence electrons. The topological polar surface area (TPSA) is 85.8 Å². The Hall–Kier alpha value is -3.61. The molecular weight excluding hydrogens is 372 g/mol. The number of amides is 1. The van der Waals surface area contributed by atoms with Crippen molar-refractivity contribution in [1.82, 2.24) is 4.90 Å². The van der Waals surface area contributed by atoms with Crippen LogP contribution in [0.3, 0.4) is 0 Å². The van der Waals surface area contributed by atoms with Crippen molar-refractivity contribution in [2.24, 2.45) is 0 Å². The summed E-state index contributed by atoms with van der Waals surface area (Å²) in [5.41, 5.74) is 1.80. The van der Waals surface area contributed by atoms with Crippen molar-refractivity contribution in [2.75, 3.05) is 7.05 Å². The smallest absolute Gasteiger partial charge is 0.289 e. The van der Waals surface area contributed by atoms with Crippen LogP contribution >= 0.6 is 0 Å². The SMILES string of the molecule is Cc1ccc(OCc2ccc(C(=O)N(C)C(C)c3cccc([N+](=O)[O-])c3)o2)cc1. The third-order valence-corrected chi connectivity index (χ3v) is 4.74. The molecule has 0 radical (unpaired) electrons. The van der Waals surface area contributed by atoms with E-state index in [4.69, 9.17) is 9.15 Å². The predicted octanol–water partition coefficient (Wildman–Crippen LogP) is 4.91. The first-order valence-corrected chi connectivity index (χ1v) is 9.15. The van der Waals surface area contributed by atoms with Crippen molar-refractivity contribution in [2.45, 2.75) is 26.5 Å². The van der Waals surface area contributed by atoms with Gasteiger partial charge in [0.2, 0.25) is 0 Å². The number of benzene rings is 2. The van der Waals surface area contributed by atoms with Crippen LogP contribution in [0.4, 0.5) is 5.69 Å². The Morgan fingerprint density at radius 3 is 2.59 bits per heavy atom. The summed E-state index contributed by atoms with van der Waals surface area (Å²) in [6, 6.07) is 16.9. The molecule has 0 bridgehead atoms. The largest absolute Gasteiger partial charge is 0.486 e. The van der Waals surface area contributed by atoms with Gasteiger partial charge in [-0.1, -0.05) is 29.8 Å². The normalized spacial score (nSPS) is 11.7. The first-order valence-electron chi connectivity index (χ1n) is 9.15. The Bertz CT molecular complexity index is 1010. The van der Waals surface area contributed by atoms with Crippen LogP contribution in [-0.2, 0) is 6.61 Å². The molecule has 0 aliphatic carbocycles. The maximum absolute atomic E-state index is 12.8. The highest BCUT2D eigenvalue weighted by Gasteiger charge is 2.23. The predicted molar refractivity (Wildman–Crippen MR) is 108 cm³/mol. The number of furan rings is 1. The lowest BCUT2D eigenvalue weighted by molar-refractivity contribution is -0.384. The number of non-ortho nitro benzene ring substituents is 1. The number of rotatable bonds is 7. The number of carbonyl (C=O) groups is 1. The van der Waals surface area contributed by atoms with Gasteiger partial charge in [0, 0.05) is 19.2 Å². The summed E-state index contributed by atoms with van der Waals surface area (Å²) in [6.07, 6.45) is 0. The van der Waals surface area contributed by atoms with Crippen LogP contribution in [0.25, 0.3) is 0 Å². The maximum atomic E-state index is 12.8. The van der Waals surface area contributed by atoms with Gasteiger partial charge in [0.25, 0.3) is 11.6 Å². The molecule has 1 unspecified atom stereocenters. The molecule has 0 spiro atoms. The van der Waals surface area contributed by atoms with E-state index < -0.39 is 4.92 Å². The molecule has 3 aromatic rings. The Labute approximate surface area is 168 Å². The van der Waals surface area contributed by atoms with Gasteiger partial charge in [0.1, 0.15) is 18.1 Å². The molecule has 2 aromatic carbocycles. The van der Waals surface area contributed by atoms with Gasteiger partial charge >= 0.3 is 0 Å². The first-order chi connectivity index (χ1) is 13.8. The number of ether oxygens (including phenoxy) is 1. The summed E-state index contributed by atoms with van der Waals surface area (Å²) in [4.78, 5) is 24.8. The minimum atomic E-state index is -0.453. The van der Waals surface area contributed by atoms with Crippen LogP contribution in [0.5, 0.6) is 5.75 Å². The summed E-state index contributed by atoms with van der Waals surface area (Å²) < 4.78 is 11.3. The Morgan fingerprint density at radius 1 is 1.17 bits per heavy atom. The minimum absolute atomic E-state index is 0.0104. The summed E-state index contributed by atoms with van der Waals surface area (Å²) in [5, 5.41) is 11.0. The number of carbonyl (C=O) groups excluding carboxylic acids is 1. The molecule has 1 atom stereocenters. The van der Waals surface area contributed by atoms with E-state index in [9.17, 15) is 14.9 Å². The van der Waals surface area contributed by atoms with Crippen molar-refractivity contribution in [3.8, 4) is 5.75 Å². The molecule has 0 saturated heterocycles. The summed E-state index contributed by atoms with van der Waals surface area (Å²) in [5.74, 6) is 1.12. The van der Waals surface area contributed by atoms with Crippen LogP contribution in [-0.4, -0.2) is 22.8 Å². The number of nitrogens with zero attached hydrogens (tertiary/aromatic N) is 2. The zero-order chi connectivity index (χ0) is 21.0. The average Bonchev–Trinajstić information content (AvgIpc) is 3.21. The van der Waals surface area contributed by atoms with E-state index in [1.54, 1.807) is 38.2 Å². The van der Waals surface area contributed by atoms with Gasteiger partial charge in [-0.25, -0.2) is 0 Å². The van der Waals surface area contributed by atoms with Gasteiger partial charge in [0.15, 0.2) is 5.76 Å². The molecule has 0 saturated carbocycles. The second-order valence-electron chi connectivity index (χ2n) is 6.81. The number of hydrogen-bond acceptors (Lipinski definition) is 5. The van der Waals surface area contributed by atoms with E-state index in [0.29, 0.717) is 11.3 Å². The van der Waals surface area contributed by atoms with Crippen molar-refractivity contribution < 1.29 is 18.9 Å². The molecule has 1 amide bonds. The van der Waals surface area contributed by atoms with E-state index in [1.165, 1.54) is 17.0 Å². The molecule has 29 heavy (non-hydrogen) atoms. The van der Waals surface area contributed by atoms with Gasteiger partial charge in [0.05, 0.1) is 11.0 Å². The van der Waals surface area contributed by atoms with Crippen molar-refractivity contribution in [3.05, 3.63) is 93.4 Å². The zero-order valence-electron chi connectivity index (χ0n) is 16.5. The number of nitro groups is 1. The fraction of sp³-hybridized carbons (Fsp3) is 0.227. The van der Waals surface area contributed by atoms with Gasteiger partial charge in [-0.15, -0.1) is 0 Å². The Balaban J connectivity index is 1.66. The lowest BCUT2D eigenvalue weighted by atomic mass is 10.1. The van der Waals surface area contributed by atoms with Crippen molar-refractivity contribution in [1.29, 1.82) is 0 Å². The quantitative estimate of drug-likeness (QED) is 0.420. The van der Waals surface area contributed by atoms with Crippen LogP contribution in [0.2, 0.25) is 0 Å². The highest BCUT2D eigenvalue weighted by atomic mass is 16.6. The molecule has 0 aliphatic rings. The van der Waals surface area contributed by atoms with Crippen LogP contribution in [0.15, 0.2) is 65.1 Å². The van der Waals surface area contributed by atoms with Crippen LogP contribution < -0.4 is 4.74 Å². The Morgan fingerprint density at radius 2 is 1.90 bits per heavy atom. The molecule has 0 fully saturated rings. The third kappa shape index (κ3) is 4.82. The van der Waals surface area contributed by atoms with E-state index in [1.807, 2.05) is 31.2 Å². The lowest BCUT2D eigenvalue weighted by Gasteiger charge is -2.24. The minimum Gasteiger partial charge on any atom is -0.486 e. The van der Waals surface area contributed by atoms with E-state index >= 15 is 0 Å². The average molecular weight is 394 g/mol. The van der Waals surface area contributed by atoms with E-state index in [0.717, 1.165) is 11.3 Å². The zero-order valence-corrected chi connectivity index (χ0v) is 16.5. The van der Waals surface area contributed by atoms with Gasteiger partial charge < -0.3 is 14.1 Å². The van der Waals surface area contributed by atoms with Crippen LogP contribution in [0.1, 0.15) is 40.4 Å². The second-order valence-corrected chi connectivity index (χ2v) is 6.81. The molecule has 0 N–H and O–H groups in total. The lowest BCUT2D eigenvalue weighted by Crippen LogP contribution is -2.29. The van der Waals surface area contributed by atoms with E-state index in [-0.39, 0.29) is 30.0 Å². The molecule has 7 heteroatoms. The highest BCUT2D eigenvalue weighted by Crippen LogP contribution is 2.25. The fourth-order valence-electron chi connectivity index (χ4n) is 2.83. The molecule has 0 aliphatic heterocycles. The maximum Gasteiger partial charge on any atom is 0.289 e. The van der Waals surface area contributed by atoms with Crippen molar-refractivity contribution in [3.63, 3.8) is 0 Å². The molecular formula is C22H22N2O5. The van der Waals surface area contributed by atoms with E-state index in [2.05, 4.69) is 0 Å². The third-order valence-electron chi connectivity index (χ3n) is 4.74. The molecule has 1 aromatic heterocycles. The van der Waals surface area contributed by atoms with Gasteiger partial charge in [-0.3, -0.25) is 14.9 Å². The first kappa shape index (κ1) is 20.1. The number of nitro benzene ring substituents is 1. The molecule has 7 nitrogen and oxygen atoms in total. The molecule has 1 heterocycles. The summed E-state index contributed by atoms with van der Waals surface area (Å²) in [7, 11) is 1.64. The van der Waals surface area contributed by atoms with Crippen LogP contribution in [0, 0.1) is 17.0 Å². The Kier molecular flexibility index (Phi) is 5.97. The van der Waals surface area contributed by atoms with Crippen molar-refractivity contribution >= 4 is 11.6 Å². The monoisotopic (exact) mass is 394 g/mol. The number of aryl methyl sites for hydroxylation is 1. The van der Waals surface area contributed by atoms with Gasteiger partial charge in [-0.2, -0.15) is 0 Å². The summed E-state index contributed by atoms with van der Waals surface area (Å²) >= 11 is 0. The molecule has 3 rings (SSSR count). The fourth-order valence-corrected chi connectivity index (χ4v) is 2.83. The highest BCUT2D eigenvalue weighted by molar-refractivity contribution is 5.91. The number of hydrogen-bond donors (Lipinski definition) is 0. The van der Waals surface area contributed by atoms with Gasteiger partial charge in [-0.05, 0) is 43.7 Å².